The number of aromatic nitrogens is 6. The van der Waals surface area contributed by atoms with Gasteiger partial charge in [0.05, 0.1) is 18.3 Å². The molecule has 2 N–H and O–H groups in total. The van der Waals surface area contributed by atoms with Crippen LogP contribution in [0.4, 0.5) is 0 Å². The molecule has 0 spiro atoms. The number of nitrogens with two attached hydrogens (primary N) is 1. The molecule has 0 saturated heterocycles. The highest BCUT2D eigenvalue weighted by molar-refractivity contribution is 7.07. The van der Waals surface area contributed by atoms with Gasteiger partial charge in [0.15, 0.2) is 5.69 Å². The van der Waals surface area contributed by atoms with E-state index in [1.54, 1.807) is 16.4 Å². The lowest BCUT2D eigenvalue weighted by molar-refractivity contribution is 0.430. The number of thiazole rings is 1. The lowest BCUT2D eigenvalue weighted by atomic mass is 10.4. The molecule has 0 aliphatic heterocycles. The Bertz CT molecular complexity index is 629. The van der Waals surface area contributed by atoms with Gasteiger partial charge >= 0.3 is 0 Å². The van der Waals surface area contributed by atoms with Crippen LogP contribution in [-0.2, 0) is 6.54 Å². The molecule has 0 atom stereocenters. The van der Waals surface area contributed by atoms with Crippen LogP contribution >= 0.6 is 11.3 Å². The minimum atomic E-state index is 0.321. The van der Waals surface area contributed by atoms with E-state index >= 15 is 0 Å². The first kappa shape index (κ1) is 11.0. The largest absolute Gasteiger partial charge is 0.332 e. The zero-order valence-corrected chi connectivity index (χ0v) is 10.0. The first-order valence-corrected chi connectivity index (χ1v) is 6.14. The van der Waals surface area contributed by atoms with Gasteiger partial charge in [-0.2, -0.15) is 4.98 Å². The molecule has 0 aliphatic carbocycles. The van der Waals surface area contributed by atoms with Crippen molar-refractivity contribution < 1.29 is 4.52 Å². The molecule has 9 heteroatoms. The maximum atomic E-state index is 5.43. The molecule has 18 heavy (non-hydrogen) atoms. The van der Waals surface area contributed by atoms with Crippen molar-refractivity contribution in [1.82, 2.24) is 30.1 Å². The molecule has 3 rings (SSSR count). The quantitative estimate of drug-likeness (QED) is 0.726. The molecule has 8 nitrogen and oxygen atoms in total. The van der Waals surface area contributed by atoms with E-state index in [-0.39, 0.29) is 0 Å². The summed E-state index contributed by atoms with van der Waals surface area (Å²) in [6.07, 6.45) is 1.71. The molecule has 0 unspecified atom stereocenters. The van der Waals surface area contributed by atoms with Crippen LogP contribution < -0.4 is 5.73 Å². The van der Waals surface area contributed by atoms with E-state index in [1.807, 2.05) is 5.38 Å². The minimum absolute atomic E-state index is 0.321. The minimum Gasteiger partial charge on any atom is -0.332 e. The molecule has 92 valence electrons. The van der Waals surface area contributed by atoms with Crippen LogP contribution in [0.3, 0.4) is 0 Å². The number of hydrogen-bond donors (Lipinski definition) is 1. The standard InChI is InChI=1S/C9H9N7OS/c10-1-2-16-3-6(13-15-16)9-12-8(14-17-9)7-4-18-5-11-7/h3-5H,1-2,10H2. The SMILES string of the molecule is NCCn1cc(-c2nc(-c3cscn3)no2)nn1. The van der Waals surface area contributed by atoms with Crippen LogP contribution in [0.2, 0.25) is 0 Å². The summed E-state index contributed by atoms with van der Waals surface area (Å²) in [5.74, 6) is 0.765. The molecule has 3 heterocycles. The summed E-state index contributed by atoms with van der Waals surface area (Å²) in [7, 11) is 0. The molecule has 3 aromatic heterocycles. The van der Waals surface area contributed by atoms with Gasteiger partial charge in [-0.15, -0.1) is 16.4 Å². The van der Waals surface area contributed by atoms with Crippen LogP contribution in [-0.4, -0.2) is 36.7 Å². The average Bonchev–Trinajstić information content (AvgIpc) is 3.10. The molecule has 0 saturated carbocycles. The van der Waals surface area contributed by atoms with Crippen LogP contribution in [0.5, 0.6) is 0 Å². The first-order chi connectivity index (χ1) is 8.86. The Hall–Kier alpha value is -2.13. The highest BCUT2D eigenvalue weighted by Gasteiger charge is 2.14. The van der Waals surface area contributed by atoms with E-state index in [0.29, 0.717) is 36.2 Å². The number of rotatable bonds is 4. The fraction of sp³-hybridized carbons (Fsp3) is 0.222. The van der Waals surface area contributed by atoms with Gasteiger partial charge in [-0.05, 0) is 0 Å². The van der Waals surface area contributed by atoms with Crippen LogP contribution in [0, 0.1) is 0 Å². The van der Waals surface area contributed by atoms with Crippen LogP contribution in [0.25, 0.3) is 23.1 Å². The van der Waals surface area contributed by atoms with E-state index in [0.717, 1.165) is 0 Å². The van der Waals surface area contributed by atoms with E-state index in [2.05, 4.69) is 25.4 Å². The van der Waals surface area contributed by atoms with Gasteiger partial charge in [0.2, 0.25) is 5.82 Å². The zero-order chi connectivity index (χ0) is 12.4. The molecule has 0 aliphatic rings. The maximum absolute atomic E-state index is 5.43. The van der Waals surface area contributed by atoms with Gasteiger partial charge in [-0.3, -0.25) is 4.68 Å². The Kier molecular flexibility index (Phi) is 2.82. The molecular formula is C9H9N7OS. The van der Waals surface area contributed by atoms with E-state index in [4.69, 9.17) is 10.3 Å². The van der Waals surface area contributed by atoms with Gasteiger partial charge in [-0.1, -0.05) is 10.4 Å². The predicted molar refractivity (Wildman–Crippen MR) is 63.5 cm³/mol. The normalized spacial score (nSPS) is 10.9. The fourth-order valence-corrected chi connectivity index (χ4v) is 1.92. The van der Waals surface area contributed by atoms with Crippen molar-refractivity contribution in [2.75, 3.05) is 6.54 Å². The Balaban J connectivity index is 1.88. The van der Waals surface area contributed by atoms with Crippen molar-refractivity contribution in [2.24, 2.45) is 5.73 Å². The van der Waals surface area contributed by atoms with Crippen molar-refractivity contribution in [1.29, 1.82) is 0 Å². The van der Waals surface area contributed by atoms with Gasteiger partial charge in [0, 0.05) is 11.9 Å². The van der Waals surface area contributed by atoms with Crippen molar-refractivity contribution in [2.45, 2.75) is 6.54 Å². The van der Waals surface area contributed by atoms with E-state index < -0.39 is 0 Å². The highest BCUT2D eigenvalue weighted by atomic mass is 32.1. The summed E-state index contributed by atoms with van der Waals surface area (Å²) in [5.41, 5.74) is 8.35. The van der Waals surface area contributed by atoms with Crippen molar-refractivity contribution in [3.8, 4) is 23.1 Å². The van der Waals surface area contributed by atoms with E-state index in [1.165, 1.54) is 11.3 Å². The average molecular weight is 263 g/mol. The fourth-order valence-electron chi connectivity index (χ4n) is 1.39. The van der Waals surface area contributed by atoms with Crippen LogP contribution in [0.1, 0.15) is 0 Å². The Morgan fingerprint density at radius 3 is 3.11 bits per heavy atom. The maximum Gasteiger partial charge on any atom is 0.280 e. The second kappa shape index (κ2) is 4.63. The third-order valence-electron chi connectivity index (χ3n) is 2.20. The second-order valence-corrected chi connectivity index (χ2v) is 4.17. The second-order valence-electron chi connectivity index (χ2n) is 3.45. The Labute approximate surface area is 105 Å². The summed E-state index contributed by atoms with van der Waals surface area (Å²) < 4.78 is 6.75. The third kappa shape index (κ3) is 2.00. The monoisotopic (exact) mass is 263 g/mol. The predicted octanol–water partition coefficient (Wildman–Crippen LogP) is 0.410. The van der Waals surface area contributed by atoms with Gasteiger partial charge in [0.1, 0.15) is 5.69 Å². The van der Waals surface area contributed by atoms with Gasteiger partial charge in [0.25, 0.3) is 5.89 Å². The first-order valence-electron chi connectivity index (χ1n) is 5.19. The zero-order valence-electron chi connectivity index (χ0n) is 9.22. The smallest absolute Gasteiger partial charge is 0.280 e. The molecule has 0 amide bonds. The number of hydrogen-bond acceptors (Lipinski definition) is 8. The summed E-state index contributed by atoms with van der Waals surface area (Å²) in [5, 5.41) is 13.5. The summed E-state index contributed by atoms with van der Waals surface area (Å²) in [6, 6.07) is 0. The van der Waals surface area contributed by atoms with E-state index in [9.17, 15) is 0 Å². The number of nitrogens with zero attached hydrogens (tertiary/aromatic N) is 6. The van der Waals surface area contributed by atoms with Crippen molar-refractivity contribution >= 4 is 11.3 Å². The molecular weight excluding hydrogens is 254 g/mol. The Morgan fingerprint density at radius 2 is 2.33 bits per heavy atom. The van der Waals surface area contributed by atoms with Crippen molar-refractivity contribution in [3.05, 3.63) is 17.1 Å². The topological polar surface area (TPSA) is 109 Å². The van der Waals surface area contributed by atoms with Crippen molar-refractivity contribution in [3.63, 3.8) is 0 Å². The van der Waals surface area contributed by atoms with Crippen LogP contribution in [0.15, 0.2) is 21.6 Å². The summed E-state index contributed by atoms with van der Waals surface area (Å²) >= 11 is 1.47. The molecule has 0 aromatic carbocycles. The molecule has 0 bridgehead atoms. The molecule has 0 fully saturated rings. The van der Waals surface area contributed by atoms with Gasteiger partial charge < -0.3 is 10.3 Å². The van der Waals surface area contributed by atoms with Gasteiger partial charge in [-0.25, -0.2) is 4.98 Å². The summed E-state index contributed by atoms with van der Waals surface area (Å²) in [4.78, 5) is 8.32. The molecule has 3 aromatic rings. The lowest BCUT2D eigenvalue weighted by Gasteiger charge is -1.91. The lowest BCUT2D eigenvalue weighted by Crippen LogP contribution is -2.10. The summed E-state index contributed by atoms with van der Waals surface area (Å²) in [6.45, 7) is 1.09. The molecule has 0 radical (unpaired) electrons. The third-order valence-corrected chi connectivity index (χ3v) is 2.79. The Morgan fingerprint density at radius 1 is 1.39 bits per heavy atom. The highest BCUT2D eigenvalue weighted by Crippen LogP contribution is 2.19.